The number of nitrogens with zero attached hydrogens (tertiary/aromatic N) is 2. The van der Waals surface area contributed by atoms with Gasteiger partial charge in [-0.2, -0.15) is 5.26 Å². The number of nitriles is 1. The Balaban J connectivity index is 1.45. The molecule has 2 aromatic carbocycles. The minimum atomic E-state index is -0.103. The van der Waals surface area contributed by atoms with Gasteiger partial charge in [-0.25, -0.2) is 0 Å². The monoisotopic (exact) mass is 361 g/mol. The number of nitrogens with one attached hydrogen (secondary N) is 1. The van der Waals surface area contributed by atoms with Crippen LogP contribution in [0.2, 0.25) is 0 Å². The van der Waals surface area contributed by atoms with Crippen LogP contribution in [0.4, 0.5) is 5.69 Å². The summed E-state index contributed by atoms with van der Waals surface area (Å²) >= 11 is 0. The summed E-state index contributed by atoms with van der Waals surface area (Å²) < 4.78 is 0. The quantitative estimate of drug-likeness (QED) is 0.887. The third-order valence-corrected chi connectivity index (χ3v) is 4.95. The van der Waals surface area contributed by atoms with E-state index in [1.54, 1.807) is 24.3 Å². The largest absolute Gasteiger partial charge is 0.343 e. The average molecular weight is 361 g/mol. The molecule has 2 aromatic rings. The Morgan fingerprint density at radius 1 is 1.07 bits per heavy atom. The van der Waals surface area contributed by atoms with E-state index in [1.807, 2.05) is 35.2 Å². The first kappa shape index (κ1) is 18.7. The summed E-state index contributed by atoms with van der Waals surface area (Å²) in [5, 5.41) is 11.8. The molecule has 1 fully saturated rings. The topological polar surface area (TPSA) is 73.2 Å². The van der Waals surface area contributed by atoms with E-state index in [0.717, 1.165) is 6.42 Å². The zero-order valence-electron chi connectivity index (χ0n) is 15.2. The first-order valence-electron chi connectivity index (χ1n) is 9.28. The van der Waals surface area contributed by atoms with E-state index in [9.17, 15) is 9.59 Å². The van der Waals surface area contributed by atoms with E-state index in [1.165, 1.54) is 5.56 Å². The lowest BCUT2D eigenvalue weighted by Gasteiger charge is -2.31. The van der Waals surface area contributed by atoms with Gasteiger partial charge in [0.2, 0.25) is 11.8 Å². The normalized spacial score (nSPS) is 14.4. The van der Waals surface area contributed by atoms with Crippen LogP contribution in [0, 0.1) is 17.2 Å². The van der Waals surface area contributed by atoms with Crippen molar-refractivity contribution in [2.75, 3.05) is 18.4 Å². The maximum absolute atomic E-state index is 12.5. The van der Waals surface area contributed by atoms with Gasteiger partial charge in [-0.05, 0) is 43.0 Å². The Bertz CT molecular complexity index is 834. The van der Waals surface area contributed by atoms with Gasteiger partial charge in [-0.3, -0.25) is 9.59 Å². The molecule has 5 nitrogen and oxygen atoms in total. The fourth-order valence-electron chi connectivity index (χ4n) is 3.36. The molecule has 1 N–H and O–H groups in total. The molecule has 0 radical (unpaired) electrons. The van der Waals surface area contributed by atoms with Crippen molar-refractivity contribution in [1.29, 1.82) is 5.26 Å². The molecule has 0 spiro atoms. The summed E-state index contributed by atoms with van der Waals surface area (Å²) in [4.78, 5) is 26.7. The summed E-state index contributed by atoms with van der Waals surface area (Å²) in [6.45, 7) is 1.23. The molecule has 2 amide bonds. The number of benzene rings is 2. The molecule has 5 heteroatoms. The number of hydrogen-bond donors (Lipinski definition) is 1. The van der Waals surface area contributed by atoms with Crippen LogP contribution >= 0.6 is 0 Å². The van der Waals surface area contributed by atoms with Crippen LogP contribution in [0.3, 0.4) is 0 Å². The van der Waals surface area contributed by atoms with E-state index in [-0.39, 0.29) is 17.7 Å². The van der Waals surface area contributed by atoms with Crippen LogP contribution in [-0.2, 0) is 16.0 Å². The van der Waals surface area contributed by atoms with E-state index >= 15 is 0 Å². The average Bonchev–Trinajstić information content (AvgIpc) is 2.73. The van der Waals surface area contributed by atoms with Crippen LogP contribution in [-0.4, -0.2) is 29.8 Å². The number of likely N-dealkylation sites (tertiary alicyclic amines) is 1. The van der Waals surface area contributed by atoms with Gasteiger partial charge in [0, 0.05) is 31.1 Å². The molecule has 0 saturated carbocycles. The number of amides is 2. The Morgan fingerprint density at radius 3 is 2.52 bits per heavy atom. The molecule has 1 aliphatic rings. The van der Waals surface area contributed by atoms with Crippen LogP contribution in [0.25, 0.3) is 0 Å². The molecular formula is C22H23N3O2. The number of rotatable bonds is 5. The minimum Gasteiger partial charge on any atom is -0.343 e. The van der Waals surface area contributed by atoms with Crippen LogP contribution in [0.15, 0.2) is 54.6 Å². The Labute approximate surface area is 159 Å². The van der Waals surface area contributed by atoms with E-state index < -0.39 is 0 Å². The lowest BCUT2D eigenvalue weighted by Crippen LogP contribution is -2.41. The summed E-state index contributed by atoms with van der Waals surface area (Å²) in [7, 11) is 0. The summed E-state index contributed by atoms with van der Waals surface area (Å²) in [6, 6.07) is 19.0. The highest BCUT2D eigenvalue weighted by Crippen LogP contribution is 2.21. The van der Waals surface area contributed by atoms with Crippen molar-refractivity contribution in [3.05, 3.63) is 65.7 Å². The highest BCUT2D eigenvalue weighted by Gasteiger charge is 2.27. The fraction of sp³-hybridized carbons (Fsp3) is 0.318. The van der Waals surface area contributed by atoms with E-state index in [2.05, 4.69) is 11.4 Å². The molecule has 1 heterocycles. The molecule has 0 bridgehead atoms. The van der Waals surface area contributed by atoms with Gasteiger partial charge in [-0.1, -0.05) is 36.4 Å². The molecule has 0 aliphatic carbocycles. The van der Waals surface area contributed by atoms with Gasteiger partial charge in [0.15, 0.2) is 0 Å². The number of carbonyl (C=O) groups excluding carboxylic acids is 2. The predicted octanol–water partition coefficient (Wildman–Crippen LogP) is 3.37. The third kappa shape index (κ3) is 5.18. The predicted molar refractivity (Wildman–Crippen MR) is 104 cm³/mol. The SMILES string of the molecule is N#Cc1cccc(NC(=O)C2CCN(C(=O)CCc3ccccc3)CC2)c1. The van der Waals surface area contributed by atoms with Gasteiger partial charge in [0.05, 0.1) is 11.6 Å². The molecular weight excluding hydrogens is 338 g/mol. The third-order valence-electron chi connectivity index (χ3n) is 4.95. The van der Waals surface area contributed by atoms with Crippen molar-refractivity contribution in [3.63, 3.8) is 0 Å². The van der Waals surface area contributed by atoms with Crippen molar-refractivity contribution in [2.24, 2.45) is 5.92 Å². The van der Waals surface area contributed by atoms with Crippen molar-refractivity contribution >= 4 is 17.5 Å². The molecule has 3 rings (SSSR count). The number of piperidine rings is 1. The van der Waals surface area contributed by atoms with E-state index in [0.29, 0.717) is 43.6 Å². The number of carbonyl (C=O) groups is 2. The summed E-state index contributed by atoms with van der Waals surface area (Å²) in [6.07, 6.45) is 2.58. The molecule has 27 heavy (non-hydrogen) atoms. The van der Waals surface area contributed by atoms with Gasteiger partial charge in [-0.15, -0.1) is 0 Å². The van der Waals surface area contributed by atoms with Gasteiger partial charge in [0.1, 0.15) is 0 Å². The second-order valence-corrected chi connectivity index (χ2v) is 6.82. The lowest BCUT2D eigenvalue weighted by molar-refractivity contribution is -0.134. The highest BCUT2D eigenvalue weighted by molar-refractivity contribution is 5.93. The molecule has 0 aromatic heterocycles. The standard InChI is InChI=1S/C22H23N3O2/c23-16-18-7-4-8-20(15-18)24-22(27)19-11-13-25(14-12-19)21(26)10-9-17-5-2-1-3-6-17/h1-8,15,19H,9-14H2,(H,24,27). The number of hydrogen-bond acceptors (Lipinski definition) is 3. The van der Waals surface area contributed by atoms with Crippen LogP contribution in [0.5, 0.6) is 0 Å². The maximum Gasteiger partial charge on any atom is 0.227 e. The van der Waals surface area contributed by atoms with Gasteiger partial charge >= 0.3 is 0 Å². The zero-order chi connectivity index (χ0) is 19.1. The highest BCUT2D eigenvalue weighted by atomic mass is 16.2. The second-order valence-electron chi connectivity index (χ2n) is 6.82. The van der Waals surface area contributed by atoms with E-state index in [4.69, 9.17) is 5.26 Å². The van der Waals surface area contributed by atoms with Crippen molar-refractivity contribution in [1.82, 2.24) is 4.90 Å². The first-order valence-corrected chi connectivity index (χ1v) is 9.28. The van der Waals surface area contributed by atoms with Crippen LogP contribution in [0.1, 0.15) is 30.4 Å². The molecule has 0 unspecified atom stereocenters. The Morgan fingerprint density at radius 2 is 1.81 bits per heavy atom. The molecule has 138 valence electrons. The lowest BCUT2D eigenvalue weighted by atomic mass is 9.95. The van der Waals surface area contributed by atoms with Gasteiger partial charge in [0.25, 0.3) is 0 Å². The zero-order valence-corrected chi connectivity index (χ0v) is 15.2. The smallest absolute Gasteiger partial charge is 0.227 e. The molecule has 0 atom stereocenters. The Hall–Kier alpha value is -3.13. The summed E-state index contributed by atoms with van der Waals surface area (Å²) in [5.74, 6) is 0.00909. The van der Waals surface area contributed by atoms with Gasteiger partial charge < -0.3 is 10.2 Å². The van der Waals surface area contributed by atoms with Crippen molar-refractivity contribution in [3.8, 4) is 6.07 Å². The second kappa shape index (κ2) is 9.00. The van der Waals surface area contributed by atoms with Crippen LogP contribution < -0.4 is 5.32 Å². The molecule has 1 aliphatic heterocycles. The fourth-order valence-corrected chi connectivity index (χ4v) is 3.36. The number of aryl methyl sites for hydroxylation is 1. The van der Waals surface area contributed by atoms with Crippen molar-refractivity contribution < 1.29 is 9.59 Å². The minimum absolute atomic E-state index is 0.0403. The molecule has 1 saturated heterocycles. The summed E-state index contributed by atoms with van der Waals surface area (Å²) in [5.41, 5.74) is 2.33. The first-order chi connectivity index (χ1) is 13.2. The van der Waals surface area contributed by atoms with Crippen molar-refractivity contribution in [2.45, 2.75) is 25.7 Å². The maximum atomic E-state index is 12.5. The Kier molecular flexibility index (Phi) is 6.22. The number of anilines is 1.